The van der Waals surface area contributed by atoms with Crippen LogP contribution in [0, 0.1) is 6.92 Å². The zero-order chi connectivity index (χ0) is 27.5. The fourth-order valence-electron chi connectivity index (χ4n) is 4.84. The third-order valence-corrected chi connectivity index (χ3v) is 7.16. The summed E-state index contributed by atoms with van der Waals surface area (Å²) in [6.07, 6.45) is 0. The molecule has 4 aromatic rings. The van der Waals surface area contributed by atoms with E-state index in [-0.39, 0.29) is 11.7 Å². The maximum Gasteiger partial charge on any atom is 0.273 e. The van der Waals surface area contributed by atoms with E-state index in [0.29, 0.717) is 65.4 Å². The predicted molar refractivity (Wildman–Crippen MR) is 149 cm³/mol. The Hall–Kier alpha value is -4.01. The molecule has 0 aliphatic carbocycles. The highest BCUT2D eigenvalue weighted by molar-refractivity contribution is 6.31. The Morgan fingerprint density at radius 1 is 1.08 bits per heavy atom. The number of nitrogens with one attached hydrogen (secondary N) is 1. The number of amides is 1. The molecule has 2 N–H and O–H groups in total. The molecule has 0 spiro atoms. The molecule has 1 aliphatic heterocycles. The molecular weight excluding hydrogens is 518 g/mol. The van der Waals surface area contributed by atoms with Gasteiger partial charge in [-0.2, -0.15) is 5.10 Å². The molecule has 0 saturated heterocycles. The van der Waals surface area contributed by atoms with Gasteiger partial charge in [-0.05, 0) is 54.8 Å². The van der Waals surface area contributed by atoms with Gasteiger partial charge in [0.2, 0.25) is 0 Å². The van der Waals surface area contributed by atoms with E-state index < -0.39 is 6.04 Å². The second kappa shape index (κ2) is 11.4. The van der Waals surface area contributed by atoms with E-state index in [9.17, 15) is 9.90 Å². The van der Waals surface area contributed by atoms with E-state index in [4.69, 9.17) is 25.8 Å². The van der Waals surface area contributed by atoms with E-state index in [1.807, 2.05) is 62.4 Å². The molecule has 1 aromatic heterocycles. The van der Waals surface area contributed by atoms with E-state index in [0.717, 1.165) is 16.7 Å². The molecule has 5 rings (SSSR count). The van der Waals surface area contributed by atoms with Gasteiger partial charge in [-0.15, -0.1) is 0 Å². The second-order valence-corrected chi connectivity index (χ2v) is 9.69. The molecule has 1 aliphatic rings. The van der Waals surface area contributed by atoms with Gasteiger partial charge in [0.1, 0.15) is 23.7 Å². The summed E-state index contributed by atoms with van der Waals surface area (Å²) in [4.78, 5) is 15.3. The number of ether oxygens (including phenoxy) is 3. The summed E-state index contributed by atoms with van der Waals surface area (Å²) in [5, 5.41) is 18.6. The zero-order valence-corrected chi connectivity index (χ0v) is 22.8. The van der Waals surface area contributed by atoms with E-state index in [1.54, 1.807) is 24.1 Å². The van der Waals surface area contributed by atoms with Crippen molar-refractivity contribution in [1.82, 2.24) is 15.1 Å². The Morgan fingerprint density at radius 3 is 2.62 bits per heavy atom. The van der Waals surface area contributed by atoms with Gasteiger partial charge in [0.15, 0.2) is 11.5 Å². The van der Waals surface area contributed by atoms with Crippen molar-refractivity contribution >= 4 is 17.5 Å². The van der Waals surface area contributed by atoms with Crippen LogP contribution in [0.25, 0.3) is 11.3 Å². The van der Waals surface area contributed by atoms with E-state index in [1.165, 1.54) is 0 Å². The highest BCUT2D eigenvalue weighted by atomic mass is 35.5. The number of methoxy groups -OCH3 is 1. The highest BCUT2D eigenvalue weighted by Gasteiger charge is 2.42. The third kappa shape index (κ3) is 5.17. The third-order valence-electron chi connectivity index (χ3n) is 6.75. The lowest BCUT2D eigenvalue weighted by Crippen LogP contribution is -2.32. The molecule has 1 atom stereocenters. The first-order valence-corrected chi connectivity index (χ1v) is 13.1. The number of phenols is 1. The Bertz CT molecular complexity index is 1490. The molecule has 1 unspecified atom stereocenters. The predicted octanol–water partition coefficient (Wildman–Crippen LogP) is 5.91. The molecule has 9 heteroatoms. The number of halogens is 1. The average molecular weight is 548 g/mol. The summed E-state index contributed by atoms with van der Waals surface area (Å²) < 4.78 is 17.4. The van der Waals surface area contributed by atoms with Crippen LogP contribution < -0.4 is 9.47 Å². The van der Waals surface area contributed by atoms with Crippen LogP contribution in [0.2, 0.25) is 5.02 Å². The Kier molecular flexibility index (Phi) is 7.77. The normalized spacial score (nSPS) is 14.5. The molecule has 0 radical (unpaired) electrons. The first kappa shape index (κ1) is 26.6. The van der Waals surface area contributed by atoms with Crippen LogP contribution in [0.4, 0.5) is 0 Å². The van der Waals surface area contributed by atoms with Crippen molar-refractivity contribution in [3.05, 3.63) is 93.6 Å². The molecule has 1 amide bonds. The first-order chi connectivity index (χ1) is 18.9. The van der Waals surface area contributed by atoms with Gasteiger partial charge >= 0.3 is 0 Å². The fourth-order valence-corrected chi connectivity index (χ4v) is 5.01. The molecule has 0 bridgehead atoms. The van der Waals surface area contributed by atoms with Gasteiger partial charge in [-0.3, -0.25) is 9.89 Å². The summed E-state index contributed by atoms with van der Waals surface area (Å²) in [6.45, 7) is 5.28. The van der Waals surface area contributed by atoms with Crippen molar-refractivity contribution in [2.24, 2.45) is 0 Å². The molecule has 8 nitrogen and oxygen atoms in total. The maximum atomic E-state index is 13.5. The first-order valence-electron chi connectivity index (χ1n) is 12.7. The second-order valence-electron chi connectivity index (χ2n) is 9.29. The van der Waals surface area contributed by atoms with Crippen LogP contribution >= 0.6 is 11.6 Å². The smallest absolute Gasteiger partial charge is 0.273 e. The van der Waals surface area contributed by atoms with Crippen molar-refractivity contribution in [3.63, 3.8) is 0 Å². The SMILES string of the molecule is CCOc1cc(C2c3c(-c4cc(Cl)c(C)cc4O)n[nH]c3C(=O)N2CCOC)ccc1OCc1ccccc1. The number of aryl methyl sites for hydroxylation is 1. The number of nitrogens with zero attached hydrogens (tertiary/aromatic N) is 2. The topological polar surface area (TPSA) is 96.9 Å². The molecule has 0 saturated carbocycles. The summed E-state index contributed by atoms with van der Waals surface area (Å²) in [6, 6.07) is 18.4. The number of aromatic amines is 1. The van der Waals surface area contributed by atoms with Crippen molar-refractivity contribution in [1.29, 1.82) is 0 Å². The van der Waals surface area contributed by atoms with Crippen LogP contribution in [-0.4, -0.2) is 53.0 Å². The van der Waals surface area contributed by atoms with Gasteiger partial charge in [0.25, 0.3) is 5.91 Å². The average Bonchev–Trinajstić information content (AvgIpc) is 3.48. The van der Waals surface area contributed by atoms with Gasteiger partial charge < -0.3 is 24.2 Å². The standard InChI is InChI=1S/C30H30ClN3O5/c1-4-38-25-15-20(10-11-24(25)39-17-19-8-6-5-7-9-19)29-26-27(21-16-22(31)18(2)14-23(21)35)32-33-28(26)30(36)34(29)12-13-37-3/h5-11,14-16,29,35H,4,12-13,17H2,1-3H3,(H,32,33). The highest BCUT2D eigenvalue weighted by Crippen LogP contribution is 2.46. The number of hydrogen-bond acceptors (Lipinski definition) is 6. The zero-order valence-electron chi connectivity index (χ0n) is 22.0. The number of aromatic nitrogens is 2. The molecule has 2 heterocycles. The Morgan fingerprint density at radius 2 is 1.87 bits per heavy atom. The lowest BCUT2D eigenvalue weighted by atomic mass is 9.95. The summed E-state index contributed by atoms with van der Waals surface area (Å²) in [5.74, 6) is 1.01. The number of hydrogen-bond donors (Lipinski definition) is 2. The minimum absolute atomic E-state index is 0.0346. The van der Waals surface area contributed by atoms with Crippen LogP contribution in [0.15, 0.2) is 60.7 Å². The molecule has 39 heavy (non-hydrogen) atoms. The number of H-pyrrole nitrogens is 1. The number of aromatic hydroxyl groups is 1. The summed E-state index contributed by atoms with van der Waals surface area (Å²) in [5.41, 5.74) is 4.53. The number of rotatable bonds is 10. The fraction of sp³-hybridized carbons (Fsp3) is 0.267. The number of fused-ring (bicyclic) bond motifs is 1. The Balaban J connectivity index is 1.58. The monoisotopic (exact) mass is 547 g/mol. The minimum atomic E-state index is -0.502. The maximum absolute atomic E-state index is 13.5. The number of benzene rings is 3. The number of phenolic OH excluding ortho intramolecular Hbond substituents is 1. The van der Waals surface area contributed by atoms with Gasteiger partial charge in [-0.1, -0.05) is 48.0 Å². The van der Waals surface area contributed by atoms with Crippen LogP contribution in [0.3, 0.4) is 0 Å². The van der Waals surface area contributed by atoms with Crippen molar-refractivity contribution < 1.29 is 24.1 Å². The molecule has 0 fully saturated rings. The van der Waals surface area contributed by atoms with Gasteiger partial charge in [-0.25, -0.2) is 0 Å². The van der Waals surface area contributed by atoms with Crippen molar-refractivity contribution in [2.45, 2.75) is 26.5 Å². The van der Waals surface area contributed by atoms with Gasteiger partial charge in [0.05, 0.1) is 19.3 Å². The van der Waals surface area contributed by atoms with Crippen molar-refractivity contribution in [2.75, 3.05) is 26.9 Å². The number of carbonyl (C=O) groups excluding carboxylic acids is 1. The molecule has 3 aromatic carbocycles. The van der Waals surface area contributed by atoms with Crippen LogP contribution in [0.5, 0.6) is 17.2 Å². The van der Waals surface area contributed by atoms with Crippen molar-refractivity contribution in [3.8, 4) is 28.5 Å². The van der Waals surface area contributed by atoms with Gasteiger partial charge in [0, 0.05) is 29.8 Å². The quantitative estimate of drug-likeness (QED) is 0.256. The lowest BCUT2D eigenvalue weighted by molar-refractivity contribution is 0.0677. The summed E-state index contributed by atoms with van der Waals surface area (Å²) >= 11 is 6.41. The van der Waals surface area contributed by atoms with E-state index >= 15 is 0 Å². The molecule has 202 valence electrons. The Labute approximate surface area is 232 Å². The molecular formula is C30H30ClN3O5. The van der Waals surface area contributed by atoms with Crippen LogP contribution in [0.1, 0.15) is 45.7 Å². The largest absolute Gasteiger partial charge is 0.507 e. The lowest BCUT2D eigenvalue weighted by Gasteiger charge is -2.27. The van der Waals surface area contributed by atoms with Crippen LogP contribution in [-0.2, 0) is 11.3 Å². The summed E-state index contributed by atoms with van der Waals surface area (Å²) in [7, 11) is 1.60. The van der Waals surface area contributed by atoms with E-state index in [2.05, 4.69) is 10.2 Å². The number of carbonyl (C=O) groups is 1. The minimum Gasteiger partial charge on any atom is -0.507 e.